The Kier molecular flexibility index (Phi) is 4.36. The number of carbonyl (C=O) groups is 3. The molecule has 1 saturated heterocycles. The molecule has 0 saturated carbocycles. The molecule has 0 spiro atoms. The van der Waals surface area contributed by atoms with Crippen LogP contribution in [0.15, 0.2) is 22.7 Å². The molecule has 1 aromatic carbocycles. The summed E-state index contributed by atoms with van der Waals surface area (Å²) in [7, 11) is 0. The maximum atomic E-state index is 12.4. The van der Waals surface area contributed by atoms with Gasteiger partial charge in [-0.05, 0) is 24.1 Å². The highest BCUT2D eigenvalue weighted by Crippen LogP contribution is 2.33. The molecule has 0 aliphatic carbocycles. The number of carbonyl (C=O) groups excluding carboxylic acids is 1. The molecule has 3 rings (SSSR count). The Morgan fingerprint density at radius 1 is 1.28 bits per heavy atom. The van der Waals surface area contributed by atoms with Crippen LogP contribution < -0.4 is 0 Å². The number of amides is 2. The van der Waals surface area contributed by atoms with Gasteiger partial charge in [0, 0.05) is 17.4 Å². The van der Waals surface area contributed by atoms with Crippen molar-refractivity contribution in [2.24, 2.45) is 0 Å². The third kappa shape index (κ3) is 3.04. The molecule has 9 heteroatoms. The summed E-state index contributed by atoms with van der Waals surface area (Å²) in [6.45, 7) is 1.95. The number of rotatable bonds is 2. The highest BCUT2D eigenvalue weighted by molar-refractivity contribution is 9.10. The maximum Gasteiger partial charge on any atom is 0.410 e. The topological polar surface area (TPSA) is 107 Å². The molecule has 134 valence electrons. The van der Waals surface area contributed by atoms with Crippen LogP contribution in [0.4, 0.5) is 9.59 Å². The molecular weight excluding hydrogens is 396 g/mol. The van der Waals surface area contributed by atoms with Gasteiger partial charge in [-0.25, -0.2) is 14.4 Å². The second kappa shape index (κ2) is 6.21. The van der Waals surface area contributed by atoms with Crippen LogP contribution in [-0.4, -0.2) is 56.4 Å². The Bertz CT molecular complexity index is 754. The molecule has 2 unspecified atom stereocenters. The fourth-order valence-electron chi connectivity index (χ4n) is 3.32. The molecule has 2 N–H and O–H groups in total. The lowest BCUT2D eigenvalue weighted by atomic mass is 9.99. The third-order valence-electron chi connectivity index (χ3n) is 4.75. The van der Waals surface area contributed by atoms with E-state index in [1.807, 2.05) is 18.2 Å². The smallest absolute Gasteiger partial charge is 0.410 e. The van der Waals surface area contributed by atoms with Crippen LogP contribution in [0, 0.1) is 0 Å². The highest BCUT2D eigenvalue weighted by atomic mass is 79.9. The summed E-state index contributed by atoms with van der Waals surface area (Å²) in [6.07, 6.45) is -2.80. The van der Waals surface area contributed by atoms with Gasteiger partial charge in [0.15, 0.2) is 0 Å². The van der Waals surface area contributed by atoms with Gasteiger partial charge < -0.3 is 14.9 Å². The number of carboxylic acid groups (broad SMARTS) is 2. The zero-order valence-electron chi connectivity index (χ0n) is 13.4. The van der Waals surface area contributed by atoms with Gasteiger partial charge in [-0.3, -0.25) is 9.80 Å². The second-order valence-corrected chi connectivity index (χ2v) is 7.27. The van der Waals surface area contributed by atoms with Gasteiger partial charge in [-0.2, -0.15) is 0 Å². The van der Waals surface area contributed by atoms with E-state index >= 15 is 0 Å². The molecule has 2 aliphatic rings. The minimum Gasteiger partial charge on any atom is -0.480 e. The molecule has 1 fully saturated rings. The summed E-state index contributed by atoms with van der Waals surface area (Å²) in [6, 6.07) is 5.71. The van der Waals surface area contributed by atoms with Crippen molar-refractivity contribution in [3.63, 3.8) is 0 Å². The third-order valence-corrected chi connectivity index (χ3v) is 5.49. The van der Waals surface area contributed by atoms with Gasteiger partial charge in [-0.1, -0.05) is 28.1 Å². The number of halogens is 1. The van der Waals surface area contributed by atoms with Gasteiger partial charge >= 0.3 is 18.2 Å². The molecule has 2 heterocycles. The SMILES string of the molecule is CC1(C(=O)O)CC(OC(=O)N2Cc3cccc(Br)c3C2)CN1C(=O)O. The monoisotopic (exact) mass is 412 g/mol. The summed E-state index contributed by atoms with van der Waals surface area (Å²) in [4.78, 5) is 37.5. The molecule has 8 nitrogen and oxygen atoms in total. The van der Waals surface area contributed by atoms with E-state index in [4.69, 9.17) is 4.74 Å². The normalized spacial score (nSPS) is 25.0. The average Bonchev–Trinajstić information content (AvgIpc) is 3.10. The number of nitrogens with zero attached hydrogens (tertiary/aromatic N) is 2. The lowest BCUT2D eigenvalue weighted by Crippen LogP contribution is -2.50. The number of aliphatic carboxylic acids is 1. The fraction of sp³-hybridized carbons (Fsp3) is 0.438. The van der Waals surface area contributed by atoms with Crippen LogP contribution in [0.25, 0.3) is 0 Å². The van der Waals surface area contributed by atoms with Crippen LogP contribution in [0.2, 0.25) is 0 Å². The van der Waals surface area contributed by atoms with Crippen molar-refractivity contribution in [2.75, 3.05) is 6.54 Å². The zero-order valence-corrected chi connectivity index (χ0v) is 15.0. The van der Waals surface area contributed by atoms with Crippen LogP contribution >= 0.6 is 15.9 Å². The molecule has 25 heavy (non-hydrogen) atoms. The molecule has 2 amide bonds. The van der Waals surface area contributed by atoms with E-state index in [9.17, 15) is 24.6 Å². The van der Waals surface area contributed by atoms with Gasteiger partial charge in [-0.15, -0.1) is 0 Å². The quantitative estimate of drug-likeness (QED) is 0.772. The first-order valence-corrected chi connectivity index (χ1v) is 8.47. The van der Waals surface area contributed by atoms with Crippen molar-refractivity contribution in [2.45, 2.75) is 38.1 Å². The van der Waals surface area contributed by atoms with Crippen LogP contribution in [0.5, 0.6) is 0 Å². The maximum absolute atomic E-state index is 12.4. The number of likely N-dealkylation sites (tertiary alicyclic amines) is 1. The van der Waals surface area contributed by atoms with Gasteiger partial charge in [0.2, 0.25) is 0 Å². The van der Waals surface area contributed by atoms with Crippen LogP contribution in [0.1, 0.15) is 24.5 Å². The van der Waals surface area contributed by atoms with E-state index < -0.39 is 29.8 Å². The minimum atomic E-state index is -1.60. The molecular formula is C16H17BrN2O6. The van der Waals surface area contributed by atoms with Crippen molar-refractivity contribution in [1.82, 2.24) is 9.80 Å². The summed E-state index contributed by atoms with van der Waals surface area (Å²) >= 11 is 3.45. The minimum absolute atomic E-state index is 0.0785. The Hall–Kier alpha value is -2.29. The van der Waals surface area contributed by atoms with E-state index in [-0.39, 0.29) is 13.0 Å². The molecule has 2 aliphatic heterocycles. The first-order chi connectivity index (χ1) is 11.7. The standard InChI is InChI=1S/C16H17BrN2O6/c1-16(13(20)21)5-10(7-19(16)14(22)23)25-15(24)18-6-9-3-2-4-12(17)11(9)8-18/h2-4,10H,5-8H2,1H3,(H,20,21)(H,22,23). The number of hydrogen-bond donors (Lipinski definition) is 2. The van der Waals surface area contributed by atoms with Crippen molar-refractivity contribution < 1.29 is 29.3 Å². The van der Waals surface area contributed by atoms with Gasteiger partial charge in [0.25, 0.3) is 0 Å². The zero-order chi connectivity index (χ0) is 18.4. The first-order valence-electron chi connectivity index (χ1n) is 7.68. The van der Waals surface area contributed by atoms with E-state index in [0.717, 1.165) is 20.5 Å². The molecule has 2 atom stereocenters. The number of hydrogen-bond acceptors (Lipinski definition) is 4. The lowest BCUT2D eigenvalue weighted by Gasteiger charge is -2.27. The summed E-state index contributed by atoms with van der Waals surface area (Å²) in [5, 5.41) is 18.6. The van der Waals surface area contributed by atoms with Gasteiger partial charge in [0.1, 0.15) is 11.6 Å². The van der Waals surface area contributed by atoms with Crippen molar-refractivity contribution in [1.29, 1.82) is 0 Å². The Morgan fingerprint density at radius 2 is 2.00 bits per heavy atom. The Balaban J connectivity index is 1.68. The predicted molar refractivity (Wildman–Crippen MR) is 89.0 cm³/mol. The molecule has 0 aromatic heterocycles. The van der Waals surface area contributed by atoms with Crippen LogP contribution in [0.3, 0.4) is 0 Å². The number of carboxylic acids is 1. The fourth-order valence-corrected chi connectivity index (χ4v) is 3.85. The van der Waals surface area contributed by atoms with Crippen molar-refractivity contribution in [3.8, 4) is 0 Å². The highest BCUT2D eigenvalue weighted by Gasteiger charge is 2.52. The number of benzene rings is 1. The number of ether oxygens (including phenoxy) is 1. The van der Waals surface area contributed by atoms with Gasteiger partial charge in [0.05, 0.1) is 13.1 Å². The van der Waals surface area contributed by atoms with Crippen molar-refractivity contribution in [3.05, 3.63) is 33.8 Å². The second-order valence-electron chi connectivity index (χ2n) is 6.42. The van der Waals surface area contributed by atoms with E-state index in [1.54, 1.807) is 0 Å². The average molecular weight is 413 g/mol. The Labute approximate surface area is 152 Å². The van der Waals surface area contributed by atoms with Crippen LogP contribution in [-0.2, 0) is 22.6 Å². The van der Waals surface area contributed by atoms with E-state index in [0.29, 0.717) is 13.1 Å². The summed E-state index contributed by atoms with van der Waals surface area (Å²) in [5.41, 5.74) is 0.419. The summed E-state index contributed by atoms with van der Waals surface area (Å²) in [5.74, 6) is -1.26. The van der Waals surface area contributed by atoms with Crippen molar-refractivity contribution >= 4 is 34.1 Å². The Morgan fingerprint density at radius 3 is 2.56 bits per heavy atom. The lowest BCUT2D eigenvalue weighted by molar-refractivity contribution is -0.147. The molecule has 0 radical (unpaired) electrons. The largest absolute Gasteiger partial charge is 0.480 e. The van der Waals surface area contributed by atoms with E-state index in [2.05, 4.69) is 15.9 Å². The molecule has 1 aromatic rings. The predicted octanol–water partition coefficient (Wildman–Crippen LogP) is 2.50. The first kappa shape index (κ1) is 17.5. The number of fused-ring (bicyclic) bond motifs is 1. The molecule has 0 bridgehead atoms. The van der Waals surface area contributed by atoms with E-state index in [1.165, 1.54) is 11.8 Å². The summed E-state index contributed by atoms with van der Waals surface area (Å²) < 4.78 is 6.31.